The standard InChI is InChI=1S/C10H9NO3/c12-7-1-2-9-8(4-7)6(5-11-9)3-10(13)14/h1-2,4-5,11-12H,3H2,(H,13,14)/i5D. The van der Waals surface area contributed by atoms with Crippen LogP contribution in [0.3, 0.4) is 0 Å². The van der Waals surface area contributed by atoms with Crippen LogP contribution in [-0.4, -0.2) is 21.2 Å². The molecule has 0 aliphatic rings. The van der Waals surface area contributed by atoms with Crippen LogP contribution >= 0.6 is 0 Å². The minimum Gasteiger partial charge on any atom is -0.508 e. The molecule has 0 amide bonds. The summed E-state index contributed by atoms with van der Waals surface area (Å²) in [4.78, 5) is 13.3. The molecule has 0 saturated heterocycles. The van der Waals surface area contributed by atoms with Gasteiger partial charge >= 0.3 is 5.97 Å². The van der Waals surface area contributed by atoms with Crippen LogP contribution in [0.1, 0.15) is 6.93 Å². The second-order valence-corrected chi connectivity index (χ2v) is 3.03. The average molecular weight is 192 g/mol. The second kappa shape index (κ2) is 3.06. The predicted molar refractivity (Wildman–Crippen MR) is 51.3 cm³/mol. The fourth-order valence-corrected chi connectivity index (χ4v) is 1.39. The highest BCUT2D eigenvalue weighted by atomic mass is 16.4. The van der Waals surface area contributed by atoms with Gasteiger partial charge in [-0.1, -0.05) is 0 Å². The highest BCUT2D eigenvalue weighted by molar-refractivity contribution is 5.87. The molecule has 2 aromatic rings. The molecule has 0 aliphatic heterocycles. The van der Waals surface area contributed by atoms with Crippen molar-refractivity contribution < 1.29 is 16.4 Å². The number of carboxylic acid groups (broad SMARTS) is 1. The van der Waals surface area contributed by atoms with E-state index in [4.69, 9.17) is 6.48 Å². The highest BCUT2D eigenvalue weighted by Crippen LogP contribution is 2.23. The number of aliphatic carboxylic acids is 1. The maximum atomic E-state index is 10.6. The first kappa shape index (κ1) is 7.44. The molecule has 0 spiro atoms. The normalized spacial score (nSPS) is 11.6. The first-order valence-corrected chi connectivity index (χ1v) is 4.10. The molecule has 4 heteroatoms. The third-order valence-electron chi connectivity index (χ3n) is 2.00. The number of phenolic OH excluding ortho intramolecular Hbond substituents is 1. The number of carbonyl (C=O) groups is 1. The molecule has 0 fully saturated rings. The molecular weight excluding hydrogens is 182 g/mol. The molecule has 14 heavy (non-hydrogen) atoms. The van der Waals surface area contributed by atoms with Gasteiger partial charge in [-0.3, -0.25) is 4.79 Å². The lowest BCUT2D eigenvalue weighted by atomic mass is 10.1. The van der Waals surface area contributed by atoms with E-state index in [2.05, 4.69) is 4.98 Å². The molecule has 4 nitrogen and oxygen atoms in total. The van der Waals surface area contributed by atoms with Crippen molar-refractivity contribution in [1.29, 1.82) is 0 Å². The summed E-state index contributed by atoms with van der Waals surface area (Å²) >= 11 is 0. The monoisotopic (exact) mass is 192 g/mol. The maximum Gasteiger partial charge on any atom is 0.307 e. The van der Waals surface area contributed by atoms with Crippen LogP contribution in [0.5, 0.6) is 5.75 Å². The number of aromatic hydroxyl groups is 1. The molecule has 0 bridgehead atoms. The lowest BCUT2D eigenvalue weighted by Gasteiger charge is -1.95. The summed E-state index contributed by atoms with van der Waals surface area (Å²) in [6, 6.07) is 4.57. The number of nitrogens with one attached hydrogen (secondary N) is 1. The van der Waals surface area contributed by atoms with Crippen LogP contribution in [0.4, 0.5) is 0 Å². The Kier molecular flexibility index (Phi) is 1.63. The van der Waals surface area contributed by atoms with Crippen LogP contribution in [0.15, 0.2) is 24.4 Å². The third-order valence-corrected chi connectivity index (χ3v) is 2.00. The predicted octanol–water partition coefficient (Wildman–Crippen LogP) is 1.50. The second-order valence-electron chi connectivity index (χ2n) is 3.03. The number of H-pyrrole nitrogens is 1. The molecule has 0 saturated carbocycles. The molecule has 1 heterocycles. The average Bonchev–Trinajstić information content (AvgIpc) is 2.43. The van der Waals surface area contributed by atoms with Gasteiger partial charge in [-0.15, -0.1) is 0 Å². The summed E-state index contributed by atoms with van der Waals surface area (Å²) in [5.74, 6) is -0.930. The molecular formula is C10H9NO3. The van der Waals surface area contributed by atoms with Crippen molar-refractivity contribution in [2.75, 3.05) is 0 Å². The number of hydrogen-bond donors (Lipinski definition) is 3. The molecule has 0 aliphatic carbocycles. The zero-order valence-corrected chi connectivity index (χ0v) is 7.24. The van der Waals surface area contributed by atoms with Gasteiger partial charge in [-0.05, 0) is 23.8 Å². The first-order valence-electron chi connectivity index (χ1n) is 4.60. The summed E-state index contributed by atoms with van der Waals surface area (Å²) in [7, 11) is 0. The molecule has 3 N–H and O–H groups in total. The number of hydrogen-bond acceptors (Lipinski definition) is 2. The van der Waals surface area contributed by atoms with Gasteiger partial charge in [-0.25, -0.2) is 0 Å². The molecule has 0 unspecified atom stereocenters. The van der Waals surface area contributed by atoms with Crippen LogP contribution < -0.4 is 0 Å². The minimum absolute atomic E-state index is 0.0631. The van der Waals surface area contributed by atoms with Crippen molar-refractivity contribution in [3.63, 3.8) is 0 Å². The largest absolute Gasteiger partial charge is 0.508 e. The van der Waals surface area contributed by atoms with Crippen molar-refractivity contribution >= 4 is 16.9 Å². The van der Waals surface area contributed by atoms with Crippen LogP contribution in [-0.2, 0) is 11.2 Å². The summed E-state index contributed by atoms with van der Waals surface area (Å²) in [5, 5.41) is 18.5. The van der Waals surface area contributed by atoms with E-state index in [1.54, 1.807) is 6.07 Å². The van der Waals surface area contributed by atoms with Crippen LogP contribution in [0.25, 0.3) is 10.9 Å². The number of phenols is 1. The Morgan fingerprint density at radius 3 is 3.07 bits per heavy atom. The van der Waals surface area contributed by atoms with Crippen LogP contribution in [0.2, 0.25) is 0 Å². The summed E-state index contributed by atoms with van der Waals surface area (Å²) < 4.78 is 7.56. The zero-order chi connectivity index (χ0) is 11.0. The molecule has 2 rings (SSSR count). The Hall–Kier alpha value is -1.97. The Balaban J connectivity index is 2.65. The lowest BCUT2D eigenvalue weighted by Crippen LogP contribution is -1.98. The van der Waals surface area contributed by atoms with Crippen LogP contribution in [0, 0.1) is 0 Å². The minimum atomic E-state index is -0.993. The van der Waals surface area contributed by atoms with Gasteiger partial charge in [-0.2, -0.15) is 0 Å². The number of aromatic nitrogens is 1. The van der Waals surface area contributed by atoms with Gasteiger partial charge in [0.15, 0.2) is 0 Å². The Morgan fingerprint density at radius 1 is 1.57 bits per heavy atom. The van der Waals surface area contributed by atoms with Gasteiger partial charge in [0.1, 0.15) is 5.75 Å². The summed E-state index contributed by atoms with van der Waals surface area (Å²) in [5.41, 5.74) is 1.06. The van der Waals surface area contributed by atoms with E-state index in [0.29, 0.717) is 16.5 Å². The topological polar surface area (TPSA) is 73.3 Å². The first-order chi connectivity index (χ1) is 7.08. The molecule has 1 aromatic carbocycles. The van der Waals surface area contributed by atoms with E-state index >= 15 is 0 Å². The van der Waals surface area contributed by atoms with Crippen molar-refractivity contribution in [2.45, 2.75) is 6.42 Å². The fourth-order valence-electron chi connectivity index (χ4n) is 1.39. The zero-order valence-electron chi connectivity index (χ0n) is 8.24. The SMILES string of the molecule is [2H]c1[nH]c2ccc(O)cc2c1CC(=O)O. The van der Waals surface area contributed by atoms with E-state index in [1.165, 1.54) is 12.1 Å². The maximum absolute atomic E-state index is 10.6. The van der Waals surface area contributed by atoms with Gasteiger partial charge in [0.25, 0.3) is 0 Å². The van der Waals surface area contributed by atoms with Gasteiger partial charge in [0.2, 0.25) is 0 Å². The number of fused-ring (bicyclic) bond motifs is 1. The quantitative estimate of drug-likeness (QED) is 0.675. The fraction of sp³-hybridized carbons (Fsp3) is 0.100. The van der Waals surface area contributed by atoms with Gasteiger partial charge in [0.05, 0.1) is 7.79 Å². The van der Waals surface area contributed by atoms with Gasteiger partial charge < -0.3 is 15.2 Å². The van der Waals surface area contributed by atoms with E-state index in [-0.39, 0.29) is 18.3 Å². The number of aromatic amines is 1. The Bertz CT molecular complexity index is 533. The summed E-state index contributed by atoms with van der Waals surface area (Å²) in [6.45, 7) is 0. The van der Waals surface area contributed by atoms with Crippen molar-refractivity contribution in [3.05, 3.63) is 29.9 Å². The number of rotatable bonds is 2. The molecule has 72 valence electrons. The van der Waals surface area contributed by atoms with E-state index in [1.807, 2.05) is 0 Å². The van der Waals surface area contributed by atoms with E-state index in [9.17, 15) is 9.90 Å². The van der Waals surface area contributed by atoms with Crippen molar-refractivity contribution in [1.82, 2.24) is 4.98 Å². The van der Waals surface area contributed by atoms with Gasteiger partial charge in [0, 0.05) is 17.1 Å². The Labute approximate surface area is 81.2 Å². The third kappa shape index (κ3) is 1.42. The number of carboxylic acids is 1. The van der Waals surface area contributed by atoms with Crippen molar-refractivity contribution in [3.8, 4) is 5.75 Å². The number of benzene rings is 1. The lowest BCUT2D eigenvalue weighted by molar-refractivity contribution is -0.136. The van der Waals surface area contributed by atoms with Crippen molar-refractivity contribution in [2.24, 2.45) is 0 Å². The Morgan fingerprint density at radius 2 is 2.36 bits per heavy atom. The molecule has 0 radical (unpaired) electrons. The smallest absolute Gasteiger partial charge is 0.307 e. The summed E-state index contributed by atoms with van der Waals surface area (Å²) in [6.07, 6.45) is -0.138. The van der Waals surface area contributed by atoms with E-state index in [0.717, 1.165) is 0 Å². The highest BCUT2D eigenvalue weighted by Gasteiger charge is 2.07. The van der Waals surface area contributed by atoms with E-state index < -0.39 is 5.97 Å². The molecule has 0 atom stereocenters. The molecule has 1 aromatic heterocycles.